The van der Waals surface area contributed by atoms with Gasteiger partial charge in [-0.05, 0) is 19.8 Å². The van der Waals surface area contributed by atoms with Crippen molar-refractivity contribution >= 4 is 11.9 Å². The van der Waals surface area contributed by atoms with Crippen LogP contribution in [0.3, 0.4) is 0 Å². The van der Waals surface area contributed by atoms with E-state index in [4.69, 9.17) is 9.47 Å². The maximum atomic E-state index is 11.8. The number of carbonyl (C=O) groups is 2. The summed E-state index contributed by atoms with van der Waals surface area (Å²) >= 11 is 0. The van der Waals surface area contributed by atoms with Crippen LogP contribution in [0.15, 0.2) is 22.8 Å². The van der Waals surface area contributed by atoms with Crippen molar-refractivity contribution in [2.45, 2.75) is 26.7 Å². The standard InChI is InChI=1S/C14H18O4/c1-8-5-6-9(12(15)17-3)14(2)7-10(14)11(8)13(16)18-4/h6,10H,5,7H2,1-4H3. The van der Waals surface area contributed by atoms with Crippen molar-refractivity contribution in [3.8, 4) is 0 Å². The van der Waals surface area contributed by atoms with Crippen molar-refractivity contribution in [2.75, 3.05) is 14.2 Å². The minimum atomic E-state index is -0.293. The van der Waals surface area contributed by atoms with Gasteiger partial charge in [-0.3, -0.25) is 0 Å². The van der Waals surface area contributed by atoms with E-state index >= 15 is 0 Å². The lowest BCUT2D eigenvalue weighted by Crippen LogP contribution is -2.17. The van der Waals surface area contributed by atoms with Gasteiger partial charge in [0.2, 0.25) is 0 Å². The fourth-order valence-corrected chi connectivity index (χ4v) is 2.83. The SMILES string of the molecule is COC(=O)C1=CCC(C)=C(C(=O)OC)C2CC12C. The highest BCUT2D eigenvalue weighted by Crippen LogP contribution is 2.63. The van der Waals surface area contributed by atoms with Crippen LogP contribution in [0, 0.1) is 11.3 Å². The summed E-state index contributed by atoms with van der Waals surface area (Å²) in [5.74, 6) is -0.488. The molecule has 0 spiro atoms. The third-order valence-electron chi connectivity index (χ3n) is 4.08. The van der Waals surface area contributed by atoms with Gasteiger partial charge in [0, 0.05) is 22.5 Å². The average molecular weight is 250 g/mol. The van der Waals surface area contributed by atoms with Gasteiger partial charge in [0.15, 0.2) is 0 Å². The number of methoxy groups -OCH3 is 2. The van der Waals surface area contributed by atoms with Gasteiger partial charge in [0.05, 0.1) is 14.2 Å². The van der Waals surface area contributed by atoms with Gasteiger partial charge >= 0.3 is 11.9 Å². The van der Waals surface area contributed by atoms with E-state index in [0.717, 1.165) is 17.6 Å². The Morgan fingerprint density at radius 1 is 1.28 bits per heavy atom. The summed E-state index contributed by atoms with van der Waals surface area (Å²) in [6.07, 6.45) is 3.29. The lowest BCUT2D eigenvalue weighted by molar-refractivity contribution is -0.138. The lowest BCUT2D eigenvalue weighted by atomic mass is 9.93. The Hall–Kier alpha value is -1.58. The number of hydrogen-bond acceptors (Lipinski definition) is 4. The molecule has 0 aromatic carbocycles. The molecule has 2 unspecified atom stereocenters. The van der Waals surface area contributed by atoms with E-state index in [1.54, 1.807) is 0 Å². The molecule has 2 rings (SSSR count). The van der Waals surface area contributed by atoms with Gasteiger partial charge in [-0.25, -0.2) is 9.59 Å². The van der Waals surface area contributed by atoms with Gasteiger partial charge < -0.3 is 9.47 Å². The van der Waals surface area contributed by atoms with Gasteiger partial charge in [0.25, 0.3) is 0 Å². The second kappa shape index (κ2) is 4.26. The number of rotatable bonds is 2. The molecule has 0 saturated heterocycles. The Balaban J connectivity index is 2.37. The lowest BCUT2D eigenvalue weighted by Gasteiger charge is -2.13. The first-order valence-corrected chi connectivity index (χ1v) is 6.02. The first kappa shape index (κ1) is 12.9. The molecule has 0 aliphatic heterocycles. The predicted octanol–water partition coefficient (Wildman–Crippen LogP) is 2.01. The summed E-state index contributed by atoms with van der Waals surface area (Å²) in [6, 6.07) is 0. The molecule has 0 N–H and O–H groups in total. The average Bonchev–Trinajstić information content (AvgIpc) is 3.01. The van der Waals surface area contributed by atoms with Crippen LogP contribution in [0.25, 0.3) is 0 Å². The molecule has 2 aliphatic carbocycles. The molecule has 4 nitrogen and oxygen atoms in total. The second-order valence-electron chi connectivity index (χ2n) is 5.17. The molecule has 0 radical (unpaired) electrons. The van der Waals surface area contributed by atoms with Crippen molar-refractivity contribution in [1.82, 2.24) is 0 Å². The van der Waals surface area contributed by atoms with Gasteiger partial charge in [-0.2, -0.15) is 0 Å². The molecule has 2 atom stereocenters. The summed E-state index contributed by atoms with van der Waals surface area (Å²) in [7, 11) is 2.78. The van der Waals surface area contributed by atoms with Crippen LogP contribution in [-0.4, -0.2) is 26.2 Å². The van der Waals surface area contributed by atoms with E-state index in [-0.39, 0.29) is 23.3 Å². The molecule has 2 aliphatic rings. The number of fused-ring (bicyclic) bond motifs is 1. The number of hydrogen-bond donors (Lipinski definition) is 0. The Labute approximate surface area is 107 Å². The molecule has 18 heavy (non-hydrogen) atoms. The topological polar surface area (TPSA) is 52.6 Å². The molecule has 1 saturated carbocycles. The van der Waals surface area contributed by atoms with Crippen molar-refractivity contribution < 1.29 is 19.1 Å². The third-order valence-corrected chi connectivity index (χ3v) is 4.08. The van der Waals surface area contributed by atoms with Gasteiger partial charge in [-0.1, -0.05) is 18.6 Å². The van der Waals surface area contributed by atoms with Crippen LogP contribution in [-0.2, 0) is 19.1 Å². The summed E-state index contributed by atoms with van der Waals surface area (Å²) < 4.78 is 9.67. The predicted molar refractivity (Wildman–Crippen MR) is 65.6 cm³/mol. The Morgan fingerprint density at radius 3 is 2.44 bits per heavy atom. The third kappa shape index (κ3) is 1.76. The normalized spacial score (nSPS) is 30.0. The monoisotopic (exact) mass is 250 g/mol. The zero-order valence-corrected chi connectivity index (χ0v) is 11.2. The fraction of sp³-hybridized carbons (Fsp3) is 0.571. The number of esters is 2. The minimum absolute atomic E-state index is 0.0813. The zero-order valence-electron chi connectivity index (χ0n) is 11.2. The van der Waals surface area contributed by atoms with Gasteiger partial charge in [-0.15, -0.1) is 0 Å². The highest BCUT2D eigenvalue weighted by molar-refractivity contribution is 5.95. The van der Waals surface area contributed by atoms with Crippen LogP contribution in [0.2, 0.25) is 0 Å². The largest absolute Gasteiger partial charge is 0.466 e. The van der Waals surface area contributed by atoms with Crippen LogP contribution in [0.4, 0.5) is 0 Å². The van der Waals surface area contributed by atoms with E-state index in [1.807, 2.05) is 19.9 Å². The maximum Gasteiger partial charge on any atom is 0.333 e. The smallest absolute Gasteiger partial charge is 0.333 e. The van der Waals surface area contributed by atoms with Crippen molar-refractivity contribution in [2.24, 2.45) is 11.3 Å². The summed E-state index contributed by atoms with van der Waals surface area (Å²) in [6.45, 7) is 3.92. The maximum absolute atomic E-state index is 11.8. The van der Waals surface area contributed by atoms with Crippen molar-refractivity contribution in [1.29, 1.82) is 0 Å². The summed E-state index contributed by atoms with van der Waals surface area (Å²) in [4.78, 5) is 23.6. The van der Waals surface area contributed by atoms with E-state index in [1.165, 1.54) is 14.2 Å². The van der Waals surface area contributed by atoms with Crippen molar-refractivity contribution in [3.63, 3.8) is 0 Å². The fourth-order valence-electron chi connectivity index (χ4n) is 2.83. The molecule has 1 fully saturated rings. The summed E-state index contributed by atoms with van der Waals surface area (Å²) in [5, 5.41) is 0. The molecule has 0 aromatic rings. The molecule has 0 bridgehead atoms. The number of allylic oxidation sites excluding steroid dienone is 2. The highest BCUT2D eigenvalue weighted by atomic mass is 16.5. The highest BCUT2D eigenvalue weighted by Gasteiger charge is 2.59. The van der Waals surface area contributed by atoms with Crippen LogP contribution in [0.1, 0.15) is 26.7 Å². The first-order valence-electron chi connectivity index (χ1n) is 6.02. The molecular formula is C14H18O4. The molecule has 98 valence electrons. The van der Waals surface area contributed by atoms with Crippen molar-refractivity contribution in [3.05, 3.63) is 22.8 Å². The van der Waals surface area contributed by atoms with Crippen LogP contribution < -0.4 is 0 Å². The van der Waals surface area contributed by atoms with E-state index in [9.17, 15) is 9.59 Å². The Morgan fingerprint density at radius 2 is 1.89 bits per heavy atom. The summed E-state index contributed by atoms with van der Waals surface area (Å²) in [5.41, 5.74) is 2.13. The molecule has 0 amide bonds. The van der Waals surface area contributed by atoms with Crippen LogP contribution in [0.5, 0.6) is 0 Å². The molecule has 0 aromatic heterocycles. The Kier molecular flexibility index (Phi) is 3.05. The molecule has 0 heterocycles. The zero-order chi connectivity index (χ0) is 13.5. The van der Waals surface area contributed by atoms with E-state index in [2.05, 4.69) is 0 Å². The molecular weight excluding hydrogens is 232 g/mol. The number of ether oxygens (including phenoxy) is 2. The van der Waals surface area contributed by atoms with E-state index in [0.29, 0.717) is 12.0 Å². The minimum Gasteiger partial charge on any atom is -0.466 e. The molecule has 4 heteroatoms. The van der Waals surface area contributed by atoms with Crippen LogP contribution >= 0.6 is 0 Å². The number of carbonyl (C=O) groups excluding carboxylic acids is 2. The first-order chi connectivity index (χ1) is 8.45. The second-order valence-corrected chi connectivity index (χ2v) is 5.17. The Bertz CT molecular complexity index is 472. The van der Waals surface area contributed by atoms with E-state index < -0.39 is 0 Å². The quantitative estimate of drug-likeness (QED) is 0.703. The van der Waals surface area contributed by atoms with Gasteiger partial charge in [0.1, 0.15) is 0 Å².